The Bertz CT molecular complexity index is 860. The van der Waals surface area contributed by atoms with Crippen molar-refractivity contribution in [3.8, 4) is 0 Å². The molecule has 1 N–H and O–H groups in total. The predicted molar refractivity (Wildman–Crippen MR) is 108 cm³/mol. The quantitative estimate of drug-likeness (QED) is 0.649. The molecule has 0 radical (unpaired) electrons. The second-order valence-electron chi connectivity index (χ2n) is 5.53. The molecule has 5 nitrogen and oxygen atoms in total. The predicted octanol–water partition coefficient (Wildman–Crippen LogP) is 3.88. The van der Waals surface area contributed by atoms with Crippen LogP contribution in [0.1, 0.15) is 29.8 Å². The minimum absolute atomic E-state index is 0.221. The molecule has 0 saturated heterocycles. The monoisotopic (exact) mass is 472 g/mol. The van der Waals surface area contributed by atoms with Crippen molar-refractivity contribution < 1.29 is 13.2 Å². The molecule has 0 aliphatic carbocycles. The van der Waals surface area contributed by atoms with Crippen molar-refractivity contribution in [2.24, 2.45) is 0 Å². The lowest BCUT2D eigenvalue weighted by Gasteiger charge is -2.18. The van der Waals surface area contributed by atoms with Crippen LogP contribution in [-0.4, -0.2) is 31.7 Å². The number of aryl methyl sites for hydroxylation is 1. The van der Waals surface area contributed by atoms with Gasteiger partial charge in [0, 0.05) is 27.9 Å². The summed E-state index contributed by atoms with van der Waals surface area (Å²) in [7, 11) is -3.49. The molecule has 0 saturated carbocycles. The number of amides is 1. The number of nitrogens with one attached hydrogen (secondary N) is 1. The minimum Gasteiger partial charge on any atom is -0.322 e. The van der Waals surface area contributed by atoms with E-state index in [4.69, 9.17) is 0 Å². The summed E-state index contributed by atoms with van der Waals surface area (Å²) in [4.78, 5) is 12.5. The smallest absolute Gasteiger partial charge is 0.255 e. The van der Waals surface area contributed by atoms with Crippen LogP contribution in [0.2, 0.25) is 0 Å². The van der Waals surface area contributed by atoms with Crippen LogP contribution in [0.15, 0.2) is 47.4 Å². The highest BCUT2D eigenvalue weighted by atomic mass is 127. The second-order valence-corrected chi connectivity index (χ2v) is 8.63. The van der Waals surface area contributed by atoms with Gasteiger partial charge in [0.05, 0.1) is 4.90 Å². The van der Waals surface area contributed by atoms with Gasteiger partial charge in [0.25, 0.3) is 5.91 Å². The first-order chi connectivity index (χ1) is 11.8. The topological polar surface area (TPSA) is 66.5 Å². The zero-order valence-electron chi connectivity index (χ0n) is 14.4. The van der Waals surface area contributed by atoms with Crippen LogP contribution in [0.3, 0.4) is 0 Å². The minimum atomic E-state index is -3.49. The van der Waals surface area contributed by atoms with E-state index in [9.17, 15) is 13.2 Å². The van der Waals surface area contributed by atoms with E-state index < -0.39 is 10.0 Å². The molecule has 2 rings (SSSR count). The first-order valence-electron chi connectivity index (χ1n) is 7.97. The Balaban J connectivity index is 2.17. The second kappa shape index (κ2) is 8.29. The number of anilines is 1. The van der Waals surface area contributed by atoms with Gasteiger partial charge in [0.15, 0.2) is 0 Å². The fourth-order valence-corrected chi connectivity index (χ4v) is 4.33. The van der Waals surface area contributed by atoms with Gasteiger partial charge in [-0.2, -0.15) is 4.31 Å². The van der Waals surface area contributed by atoms with Crippen molar-refractivity contribution in [3.63, 3.8) is 0 Å². The van der Waals surface area contributed by atoms with Gasteiger partial charge in [-0.15, -0.1) is 0 Å². The summed E-state index contributed by atoms with van der Waals surface area (Å²) in [6, 6.07) is 11.7. The number of hydrogen-bond donors (Lipinski definition) is 1. The molecule has 0 heterocycles. The molecule has 0 aliphatic heterocycles. The standard InChI is InChI=1S/C18H21IN2O3S/c1-4-21(5-2)25(23,24)16-10-8-15(9-11-16)20-18(22)14-7-6-13(3)17(19)12-14/h6-12H,4-5H2,1-3H3,(H,20,22). The lowest BCUT2D eigenvalue weighted by molar-refractivity contribution is 0.102. The lowest BCUT2D eigenvalue weighted by atomic mass is 10.1. The van der Waals surface area contributed by atoms with Crippen LogP contribution in [-0.2, 0) is 10.0 Å². The van der Waals surface area contributed by atoms with Gasteiger partial charge in [-0.1, -0.05) is 19.9 Å². The average molecular weight is 472 g/mol. The number of benzene rings is 2. The highest BCUT2D eigenvalue weighted by Gasteiger charge is 2.21. The van der Waals surface area contributed by atoms with Crippen LogP contribution in [0, 0.1) is 10.5 Å². The molecule has 0 aliphatic rings. The van der Waals surface area contributed by atoms with Gasteiger partial charge >= 0.3 is 0 Å². The maximum atomic E-state index is 12.5. The highest BCUT2D eigenvalue weighted by Crippen LogP contribution is 2.19. The van der Waals surface area contributed by atoms with E-state index in [1.165, 1.54) is 16.4 Å². The molecule has 25 heavy (non-hydrogen) atoms. The molecular formula is C18H21IN2O3S. The maximum absolute atomic E-state index is 12.5. The number of carbonyl (C=O) groups is 1. The molecular weight excluding hydrogens is 451 g/mol. The summed E-state index contributed by atoms with van der Waals surface area (Å²) in [6.45, 7) is 6.43. The summed E-state index contributed by atoms with van der Waals surface area (Å²) in [5, 5.41) is 2.79. The van der Waals surface area contributed by atoms with Crippen LogP contribution in [0.25, 0.3) is 0 Å². The van der Waals surface area contributed by atoms with Crippen molar-refractivity contribution in [2.45, 2.75) is 25.7 Å². The van der Waals surface area contributed by atoms with Crippen molar-refractivity contribution in [1.29, 1.82) is 0 Å². The average Bonchev–Trinajstić information content (AvgIpc) is 2.58. The van der Waals surface area contributed by atoms with Crippen molar-refractivity contribution in [2.75, 3.05) is 18.4 Å². The summed E-state index contributed by atoms with van der Waals surface area (Å²) in [5.41, 5.74) is 2.23. The van der Waals surface area contributed by atoms with Gasteiger partial charge in [0.2, 0.25) is 10.0 Å². The first kappa shape index (κ1) is 19.9. The molecule has 134 valence electrons. The molecule has 2 aromatic carbocycles. The third-order valence-corrected chi connectivity index (χ3v) is 7.12. The van der Waals surface area contributed by atoms with E-state index in [0.717, 1.165) is 9.13 Å². The van der Waals surface area contributed by atoms with E-state index in [1.807, 2.05) is 19.1 Å². The molecule has 0 aromatic heterocycles. The lowest BCUT2D eigenvalue weighted by Crippen LogP contribution is -2.30. The zero-order valence-corrected chi connectivity index (χ0v) is 17.4. The molecule has 0 fully saturated rings. The number of carbonyl (C=O) groups excluding carboxylic acids is 1. The van der Waals surface area contributed by atoms with Crippen LogP contribution in [0.4, 0.5) is 5.69 Å². The summed E-state index contributed by atoms with van der Waals surface area (Å²) in [5.74, 6) is -0.225. The Hall–Kier alpha value is -1.45. The van der Waals surface area contributed by atoms with Gasteiger partial charge in [-0.05, 0) is 71.5 Å². The molecule has 0 spiro atoms. The number of rotatable bonds is 6. The van der Waals surface area contributed by atoms with Crippen LogP contribution >= 0.6 is 22.6 Å². The van der Waals surface area contributed by atoms with Gasteiger partial charge in [-0.3, -0.25) is 4.79 Å². The van der Waals surface area contributed by atoms with E-state index >= 15 is 0 Å². The summed E-state index contributed by atoms with van der Waals surface area (Å²) in [6.07, 6.45) is 0. The van der Waals surface area contributed by atoms with E-state index in [2.05, 4.69) is 27.9 Å². The largest absolute Gasteiger partial charge is 0.322 e. The van der Waals surface area contributed by atoms with Crippen LogP contribution < -0.4 is 5.32 Å². The van der Waals surface area contributed by atoms with Gasteiger partial charge < -0.3 is 5.32 Å². The fourth-order valence-electron chi connectivity index (χ4n) is 2.36. The van der Waals surface area contributed by atoms with Crippen molar-refractivity contribution in [1.82, 2.24) is 4.31 Å². The zero-order chi connectivity index (χ0) is 18.6. The van der Waals surface area contributed by atoms with E-state index in [-0.39, 0.29) is 10.8 Å². The van der Waals surface area contributed by atoms with E-state index in [0.29, 0.717) is 24.3 Å². The Morgan fingerprint density at radius 3 is 2.20 bits per heavy atom. The normalized spacial score (nSPS) is 11.6. The number of halogens is 1. The van der Waals surface area contributed by atoms with Gasteiger partial charge in [0.1, 0.15) is 0 Å². The van der Waals surface area contributed by atoms with Crippen molar-refractivity contribution in [3.05, 3.63) is 57.2 Å². The first-order valence-corrected chi connectivity index (χ1v) is 10.5. The Kier molecular flexibility index (Phi) is 6.59. The third-order valence-electron chi connectivity index (χ3n) is 3.89. The fraction of sp³-hybridized carbons (Fsp3) is 0.278. The Morgan fingerprint density at radius 1 is 1.08 bits per heavy atom. The summed E-state index contributed by atoms with van der Waals surface area (Å²) < 4.78 is 27.3. The Morgan fingerprint density at radius 2 is 1.68 bits per heavy atom. The molecule has 2 aromatic rings. The molecule has 0 atom stereocenters. The Labute approximate surface area is 162 Å². The van der Waals surface area contributed by atoms with Crippen molar-refractivity contribution >= 4 is 44.2 Å². The maximum Gasteiger partial charge on any atom is 0.255 e. The number of hydrogen-bond acceptors (Lipinski definition) is 3. The molecule has 7 heteroatoms. The van der Waals surface area contributed by atoms with E-state index in [1.54, 1.807) is 32.0 Å². The summed E-state index contributed by atoms with van der Waals surface area (Å²) >= 11 is 2.19. The molecule has 0 unspecified atom stereocenters. The van der Waals surface area contributed by atoms with Crippen LogP contribution in [0.5, 0.6) is 0 Å². The number of nitrogens with zero attached hydrogens (tertiary/aromatic N) is 1. The molecule has 1 amide bonds. The molecule has 0 bridgehead atoms. The third kappa shape index (κ3) is 4.59. The van der Waals surface area contributed by atoms with Gasteiger partial charge in [-0.25, -0.2) is 8.42 Å². The number of sulfonamides is 1. The highest BCUT2D eigenvalue weighted by molar-refractivity contribution is 14.1. The SMILES string of the molecule is CCN(CC)S(=O)(=O)c1ccc(NC(=O)c2ccc(C)c(I)c2)cc1.